The van der Waals surface area contributed by atoms with E-state index in [0.29, 0.717) is 12.0 Å². The van der Waals surface area contributed by atoms with E-state index in [-0.39, 0.29) is 5.78 Å². The number of ether oxygens (including phenoxy) is 1. The van der Waals surface area contributed by atoms with Gasteiger partial charge in [0.1, 0.15) is 5.75 Å². The van der Waals surface area contributed by atoms with Crippen molar-refractivity contribution in [2.75, 3.05) is 7.11 Å². The van der Waals surface area contributed by atoms with E-state index in [4.69, 9.17) is 10.5 Å². The number of methoxy groups -OCH3 is 1. The third-order valence-corrected chi connectivity index (χ3v) is 3.64. The molecule has 0 aliphatic carbocycles. The Balaban J connectivity index is 2.21. The maximum atomic E-state index is 12.6. The van der Waals surface area contributed by atoms with Gasteiger partial charge in [0.05, 0.1) is 13.2 Å². The minimum atomic E-state index is -0.529. The molecule has 110 valence electrons. The lowest BCUT2D eigenvalue weighted by Gasteiger charge is -2.15. The van der Waals surface area contributed by atoms with E-state index in [9.17, 15) is 4.79 Å². The van der Waals surface area contributed by atoms with E-state index in [1.165, 1.54) is 0 Å². The van der Waals surface area contributed by atoms with Crippen molar-refractivity contribution in [3.63, 3.8) is 0 Å². The van der Waals surface area contributed by atoms with Crippen LogP contribution in [0.5, 0.6) is 5.75 Å². The first kappa shape index (κ1) is 15.3. The SMILES string of the molecule is COc1cc(C)c(C(=O)C(N)Cc2ccccc2)cc1C. The minimum absolute atomic E-state index is 0.0258. The van der Waals surface area contributed by atoms with Crippen LogP contribution in [0.1, 0.15) is 27.0 Å². The van der Waals surface area contributed by atoms with Gasteiger partial charge in [0, 0.05) is 5.56 Å². The van der Waals surface area contributed by atoms with Crippen molar-refractivity contribution in [3.05, 3.63) is 64.7 Å². The summed E-state index contributed by atoms with van der Waals surface area (Å²) in [4.78, 5) is 12.6. The van der Waals surface area contributed by atoms with Gasteiger partial charge < -0.3 is 10.5 Å². The van der Waals surface area contributed by atoms with Crippen LogP contribution in [0.25, 0.3) is 0 Å². The van der Waals surface area contributed by atoms with Crippen LogP contribution in [-0.2, 0) is 6.42 Å². The lowest BCUT2D eigenvalue weighted by molar-refractivity contribution is 0.0960. The summed E-state index contributed by atoms with van der Waals surface area (Å²) in [6.45, 7) is 3.84. The predicted octanol–water partition coefficient (Wildman–Crippen LogP) is 3.06. The molecule has 2 aromatic carbocycles. The smallest absolute Gasteiger partial charge is 0.180 e. The molecule has 2 rings (SSSR count). The molecular weight excluding hydrogens is 262 g/mol. The Kier molecular flexibility index (Phi) is 4.76. The summed E-state index contributed by atoms with van der Waals surface area (Å²) in [6, 6.07) is 13.1. The maximum Gasteiger partial charge on any atom is 0.180 e. The maximum absolute atomic E-state index is 12.6. The zero-order valence-electron chi connectivity index (χ0n) is 12.7. The first-order valence-electron chi connectivity index (χ1n) is 7.02. The van der Waals surface area contributed by atoms with Crippen molar-refractivity contribution in [1.82, 2.24) is 0 Å². The van der Waals surface area contributed by atoms with E-state index in [0.717, 1.165) is 22.4 Å². The number of Topliss-reactive ketones (excluding diaryl/α,β-unsaturated/α-hetero) is 1. The molecule has 0 saturated carbocycles. The molecule has 0 aliphatic heterocycles. The normalized spacial score (nSPS) is 12.0. The summed E-state index contributed by atoms with van der Waals surface area (Å²) in [5, 5.41) is 0. The lowest BCUT2D eigenvalue weighted by Crippen LogP contribution is -2.33. The molecule has 0 spiro atoms. The van der Waals surface area contributed by atoms with Crippen LogP contribution in [0.3, 0.4) is 0 Å². The highest BCUT2D eigenvalue weighted by molar-refractivity contribution is 6.01. The van der Waals surface area contributed by atoms with E-state index >= 15 is 0 Å². The fourth-order valence-electron chi connectivity index (χ4n) is 2.44. The summed E-state index contributed by atoms with van der Waals surface area (Å²) in [5.41, 5.74) is 9.68. The highest BCUT2D eigenvalue weighted by atomic mass is 16.5. The second-order valence-electron chi connectivity index (χ2n) is 5.30. The fraction of sp³-hybridized carbons (Fsp3) is 0.278. The van der Waals surface area contributed by atoms with Gasteiger partial charge in [0.15, 0.2) is 5.78 Å². The van der Waals surface area contributed by atoms with Crippen molar-refractivity contribution in [2.45, 2.75) is 26.3 Å². The van der Waals surface area contributed by atoms with Gasteiger partial charge in [-0.3, -0.25) is 4.79 Å². The topological polar surface area (TPSA) is 52.3 Å². The van der Waals surface area contributed by atoms with Crippen LogP contribution in [0.2, 0.25) is 0 Å². The molecule has 0 heterocycles. The van der Waals surface area contributed by atoms with Crippen molar-refractivity contribution in [1.29, 1.82) is 0 Å². The standard InChI is InChI=1S/C18H21NO2/c1-12-10-17(21-3)13(2)9-15(12)18(20)16(19)11-14-7-5-4-6-8-14/h4-10,16H,11,19H2,1-3H3. The molecule has 0 radical (unpaired) electrons. The van der Waals surface area contributed by atoms with Gasteiger partial charge in [-0.2, -0.15) is 0 Å². The average molecular weight is 283 g/mol. The number of benzene rings is 2. The number of rotatable bonds is 5. The van der Waals surface area contributed by atoms with Gasteiger partial charge in [-0.15, -0.1) is 0 Å². The Bertz CT molecular complexity index is 635. The van der Waals surface area contributed by atoms with Crippen LogP contribution >= 0.6 is 0 Å². The molecule has 0 bridgehead atoms. The summed E-state index contributed by atoms with van der Waals surface area (Å²) in [7, 11) is 1.63. The van der Waals surface area contributed by atoms with Gasteiger partial charge in [-0.25, -0.2) is 0 Å². The highest BCUT2D eigenvalue weighted by Crippen LogP contribution is 2.23. The molecule has 0 saturated heterocycles. The molecule has 0 aliphatic rings. The van der Waals surface area contributed by atoms with Crippen LogP contribution in [-0.4, -0.2) is 18.9 Å². The van der Waals surface area contributed by atoms with Gasteiger partial charge >= 0.3 is 0 Å². The number of aryl methyl sites for hydroxylation is 2. The molecule has 0 aromatic heterocycles. The Hall–Kier alpha value is -2.13. The number of ketones is 1. The van der Waals surface area contributed by atoms with E-state index < -0.39 is 6.04 Å². The molecule has 3 heteroatoms. The lowest BCUT2D eigenvalue weighted by atomic mass is 9.94. The van der Waals surface area contributed by atoms with Crippen LogP contribution in [0.15, 0.2) is 42.5 Å². The van der Waals surface area contributed by atoms with Crippen molar-refractivity contribution >= 4 is 5.78 Å². The molecule has 1 unspecified atom stereocenters. The van der Waals surface area contributed by atoms with Crippen LogP contribution < -0.4 is 10.5 Å². The van der Waals surface area contributed by atoms with Gasteiger partial charge in [0.2, 0.25) is 0 Å². The van der Waals surface area contributed by atoms with Crippen LogP contribution in [0.4, 0.5) is 0 Å². The molecule has 21 heavy (non-hydrogen) atoms. The molecule has 1 atom stereocenters. The highest BCUT2D eigenvalue weighted by Gasteiger charge is 2.19. The number of nitrogens with two attached hydrogens (primary N) is 1. The van der Waals surface area contributed by atoms with Crippen molar-refractivity contribution in [2.24, 2.45) is 5.73 Å². The quantitative estimate of drug-likeness (QED) is 0.858. The molecule has 2 N–H and O–H groups in total. The molecule has 3 nitrogen and oxygen atoms in total. The number of carbonyl (C=O) groups excluding carboxylic acids is 1. The van der Waals surface area contributed by atoms with Crippen LogP contribution in [0, 0.1) is 13.8 Å². The largest absolute Gasteiger partial charge is 0.496 e. The third kappa shape index (κ3) is 3.50. The molecule has 2 aromatic rings. The first-order chi connectivity index (χ1) is 10.0. The second kappa shape index (κ2) is 6.55. The fourth-order valence-corrected chi connectivity index (χ4v) is 2.44. The van der Waals surface area contributed by atoms with E-state index in [1.54, 1.807) is 7.11 Å². The second-order valence-corrected chi connectivity index (χ2v) is 5.30. The monoisotopic (exact) mass is 283 g/mol. The molecule has 0 amide bonds. The predicted molar refractivity (Wildman–Crippen MR) is 84.9 cm³/mol. The molecular formula is C18H21NO2. The Labute approximate surface area is 125 Å². The summed E-state index contributed by atoms with van der Waals surface area (Å²) in [5.74, 6) is 0.766. The third-order valence-electron chi connectivity index (χ3n) is 3.64. The Morgan fingerprint density at radius 3 is 2.43 bits per heavy atom. The Morgan fingerprint density at radius 2 is 1.81 bits per heavy atom. The summed E-state index contributed by atoms with van der Waals surface area (Å²) in [6.07, 6.45) is 0.546. The first-order valence-corrected chi connectivity index (χ1v) is 7.02. The summed E-state index contributed by atoms with van der Waals surface area (Å²) < 4.78 is 5.27. The van der Waals surface area contributed by atoms with Gasteiger partial charge in [0.25, 0.3) is 0 Å². The molecule has 0 fully saturated rings. The average Bonchev–Trinajstić information content (AvgIpc) is 2.49. The zero-order valence-corrected chi connectivity index (χ0v) is 12.7. The van der Waals surface area contributed by atoms with Crippen molar-refractivity contribution in [3.8, 4) is 5.75 Å². The number of carbonyl (C=O) groups is 1. The summed E-state index contributed by atoms with van der Waals surface area (Å²) >= 11 is 0. The Morgan fingerprint density at radius 1 is 1.14 bits per heavy atom. The van der Waals surface area contributed by atoms with Crippen molar-refractivity contribution < 1.29 is 9.53 Å². The number of hydrogen-bond donors (Lipinski definition) is 1. The van der Waals surface area contributed by atoms with E-state index in [2.05, 4.69) is 0 Å². The zero-order chi connectivity index (χ0) is 15.4. The minimum Gasteiger partial charge on any atom is -0.496 e. The van der Waals surface area contributed by atoms with Gasteiger partial charge in [-0.05, 0) is 49.1 Å². The van der Waals surface area contributed by atoms with Gasteiger partial charge in [-0.1, -0.05) is 30.3 Å². The number of hydrogen-bond acceptors (Lipinski definition) is 3. The van der Waals surface area contributed by atoms with E-state index in [1.807, 2.05) is 56.3 Å².